The van der Waals surface area contributed by atoms with E-state index in [1.165, 1.54) is 16.8 Å². The molecule has 1 aromatic carbocycles. The Morgan fingerprint density at radius 1 is 1.20 bits per heavy atom. The van der Waals surface area contributed by atoms with E-state index in [0.717, 1.165) is 38.2 Å². The predicted octanol–water partition coefficient (Wildman–Crippen LogP) is 3.47. The molecular weight excluding hydrogens is 246 g/mol. The Bertz CT molecular complexity index is 580. The molecule has 0 aliphatic carbocycles. The summed E-state index contributed by atoms with van der Waals surface area (Å²) in [6.45, 7) is 5.21. The molecule has 1 N–H and O–H groups in total. The third-order valence-corrected chi connectivity index (χ3v) is 3.80. The van der Waals surface area contributed by atoms with Crippen molar-refractivity contribution in [1.82, 2.24) is 4.98 Å². The fourth-order valence-corrected chi connectivity index (χ4v) is 2.68. The van der Waals surface area contributed by atoms with Gasteiger partial charge in [0, 0.05) is 19.6 Å². The average molecular weight is 267 g/mol. The van der Waals surface area contributed by atoms with Crippen LogP contribution in [0.2, 0.25) is 0 Å². The lowest BCUT2D eigenvalue weighted by molar-refractivity contribution is 0.730. The fraction of sp³-hybridized carbons (Fsp3) is 0.353. The minimum Gasteiger partial charge on any atom is -0.384 e. The van der Waals surface area contributed by atoms with Crippen molar-refractivity contribution in [3.8, 4) is 0 Å². The summed E-state index contributed by atoms with van der Waals surface area (Å²) in [5.74, 6) is 0. The largest absolute Gasteiger partial charge is 0.384 e. The molecule has 0 saturated heterocycles. The van der Waals surface area contributed by atoms with Gasteiger partial charge in [0.2, 0.25) is 0 Å². The zero-order valence-electron chi connectivity index (χ0n) is 12.0. The first-order valence-electron chi connectivity index (χ1n) is 7.37. The molecule has 2 aromatic rings. The standard InChI is InChI=1S/C17H21N3/c1-2-8-19-16-10-17(12-18-11-16)20-9-7-14-5-3-4-6-15(14)13-20/h3-6,10-12,19H,2,7-9,13H2,1H3. The Morgan fingerprint density at radius 3 is 2.90 bits per heavy atom. The number of nitrogens with one attached hydrogen (secondary N) is 1. The number of fused-ring (bicyclic) bond motifs is 1. The van der Waals surface area contributed by atoms with Crippen LogP contribution < -0.4 is 10.2 Å². The topological polar surface area (TPSA) is 28.2 Å². The van der Waals surface area contributed by atoms with Crippen molar-refractivity contribution in [2.75, 3.05) is 23.3 Å². The first kappa shape index (κ1) is 13.0. The zero-order chi connectivity index (χ0) is 13.8. The van der Waals surface area contributed by atoms with Crippen LogP contribution in [0, 0.1) is 0 Å². The van der Waals surface area contributed by atoms with Crippen LogP contribution in [-0.2, 0) is 13.0 Å². The Labute approximate surface area is 120 Å². The van der Waals surface area contributed by atoms with Crippen molar-refractivity contribution in [2.24, 2.45) is 0 Å². The average Bonchev–Trinajstić information content (AvgIpc) is 2.53. The van der Waals surface area contributed by atoms with Crippen LogP contribution in [0.3, 0.4) is 0 Å². The lowest BCUT2D eigenvalue weighted by atomic mass is 10.00. The van der Waals surface area contributed by atoms with Gasteiger partial charge in [0.25, 0.3) is 0 Å². The van der Waals surface area contributed by atoms with Crippen molar-refractivity contribution in [3.63, 3.8) is 0 Å². The van der Waals surface area contributed by atoms with Crippen LogP contribution in [0.15, 0.2) is 42.7 Å². The minimum absolute atomic E-state index is 0.981. The summed E-state index contributed by atoms with van der Waals surface area (Å²) >= 11 is 0. The second kappa shape index (κ2) is 5.95. The van der Waals surface area contributed by atoms with Crippen LogP contribution >= 0.6 is 0 Å². The monoisotopic (exact) mass is 267 g/mol. The molecule has 3 heteroatoms. The summed E-state index contributed by atoms with van der Waals surface area (Å²) in [5, 5.41) is 3.40. The molecule has 0 atom stereocenters. The molecule has 104 valence electrons. The van der Waals surface area contributed by atoms with E-state index in [9.17, 15) is 0 Å². The summed E-state index contributed by atoms with van der Waals surface area (Å²) in [6.07, 6.45) is 6.10. The molecule has 2 heterocycles. The van der Waals surface area contributed by atoms with Gasteiger partial charge >= 0.3 is 0 Å². The molecule has 0 amide bonds. The number of rotatable bonds is 4. The van der Waals surface area contributed by atoms with Gasteiger partial charge in [-0.2, -0.15) is 0 Å². The Hall–Kier alpha value is -2.03. The van der Waals surface area contributed by atoms with Gasteiger partial charge in [-0.15, -0.1) is 0 Å². The summed E-state index contributed by atoms with van der Waals surface area (Å²) in [5.41, 5.74) is 5.24. The van der Waals surface area contributed by atoms with E-state index >= 15 is 0 Å². The highest BCUT2D eigenvalue weighted by atomic mass is 15.1. The molecule has 0 fully saturated rings. The van der Waals surface area contributed by atoms with Gasteiger partial charge in [-0.25, -0.2) is 0 Å². The van der Waals surface area contributed by atoms with Crippen LogP contribution in [0.25, 0.3) is 0 Å². The van der Waals surface area contributed by atoms with Gasteiger partial charge < -0.3 is 10.2 Å². The predicted molar refractivity (Wildman–Crippen MR) is 84.2 cm³/mol. The molecule has 1 aromatic heterocycles. The van der Waals surface area contributed by atoms with E-state index in [4.69, 9.17) is 0 Å². The maximum atomic E-state index is 4.36. The Kier molecular flexibility index (Phi) is 3.86. The zero-order valence-corrected chi connectivity index (χ0v) is 12.0. The molecule has 0 unspecified atom stereocenters. The van der Waals surface area contributed by atoms with Crippen molar-refractivity contribution in [3.05, 3.63) is 53.9 Å². The Balaban J connectivity index is 1.77. The molecule has 3 nitrogen and oxygen atoms in total. The number of aromatic nitrogens is 1. The van der Waals surface area contributed by atoms with Crippen LogP contribution in [0.4, 0.5) is 11.4 Å². The third-order valence-electron chi connectivity index (χ3n) is 3.80. The lowest BCUT2D eigenvalue weighted by Gasteiger charge is -2.30. The van der Waals surface area contributed by atoms with Crippen molar-refractivity contribution in [1.29, 1.82) is 0 Å². The first-order valence-corrected chi connectivity index (χ1v) is 7.37. The molecule has 3 rings (SSSR count). The van der Waals surface area contributed by atoms with E-state index in [-0.39, 0.29) is 0 Å². The number of hydrogen-bond donors (Lipinski definition) is 1. The van der Waals surface area contributed by atoms with Crippen LogP contribution in [0.5, 0.6) is 0 Å². The third kappa shape index (κ3) is 2.77. The van der Waals surface area contributed by atoms with E-state index < -0.39 is 0 Å². The van der Waals surface area contributed by atoms with E-state index in [2.05, 4.69) is 52.5 Å². The van der Waals surface area contributed by atoms with Crippen LogP contribution in [0.1, 0.15) is 24.5 Å². The highest BCUT2D eigenvalue weighted by Crippen LogP contribution is 2.25. The number of pyridine rings is 1. The minimum atomic E-state index is 0.981. The molecule has 20 heavy (non-hydrogen) atoms. The van der Waals surface area contributed by atoms with Crippen molar-refractivity contribution >= 4 is 11.4 Å². The normalized spacial score (nSPS) is 13.9. The molecule has 1 aliphatic heterocycles. The molecule has 0 saturated carbocycles. The second-order valence-corrected chi connectivity index (χ2v) is 5.30. The number of nitrogens with zero attached hydrogens (tertiary/aromatic N) is 2. The van der Waals surface area contributed by atoms with Crippen molar-refractivity contribution in [2.45, 2.75) is 26.3 Å². The smallest absolute Gasteiger partial charge is 0.0576 e. The summed E-state index contributed by atoms with van der Waals surface area (Å²) in [4.78, 5) is 6.77. The van der Waals surface area contributed by atoms with Gasteiger partial charge in [0.05, 0.1) is 23.8 Å². The van der Waals surface area contributed by atoms with Gasteiger partial charge in [-0.05, 0) is 30.0 Å². The number of anilines is 2. The van der Waals surface area contributed by atoms with Gasteiger partial charge in [0.15, 0.2) is 0 Å². The molecular formula is C17H21N3. The SMILES string of the molecule is CCCNc1cncc(N2CCc3ccccc3C2)c1. The maximum absolute atomic E-state index is 4.36. The molecule has 0 bridgehead atoms. The summed E-state index contributed by atoms with van der Waals surface area (Å²) < 4.78 is 0. The maximum Gasteiger partial charge on any atom is 0.0576 e. The second-order valence-electron chi connectivity index (χ2n) is 5.30. The molecule has 1 aliphatic rings. The highest BCUT2D eigenvalue weighted by Gasteiger charge is 2.16. The van der Waals surface area contributed by atoms with E-state index in [1.54, 1.807) is 0 Å². The van der Waals surface area contributed by atoms with Gasteiger partial charge in [0.1, 0.15) is 0 Å². The van der Waals surface area contributed by atoms with E-state index in [0.29, 0.717) is 0 Å². The molecule has 0 radical (unpaired) electrons. The number of benzene rings is 1. The lowest BCUT2D eigenvalue weighted by Crippen LogP contribution is -2.30. The highest BCUT2D eigenvalue weighted by molar-refractivity contribution is 5.56. The summed E-state index contributed by atoms with van der Waals surface area (Å²) in [6, 6.07) is 10.9. The summed E-state index contributed by atoms with van der Waals surface area (Å²) in [7, 11) is 0. The van der Waals surface area contributed by atoms with Crippen LogP contribution in [-0.4, -0.2) is 18.1 Å². The van der Waals surface area contributed by atoms with E-state index in [1.807, 2.05) is 12.4 Å². The number of hydrogen-bond acceptors (Lipinski definition) is 3. The first-order chi connectivity index (χ1) is 9.86. The van der Waals surface area contributed by atoms with Gasteiger partial charge in [-0.1, -0.05) is 31.2 Å². The molecule has 0 spiro atoms. The fourth-order valence-electron chi connectivity index (χ4n) is 2.68. The Morgan fingerprint density at radius 2 is 2.05 bits per heavy atom. The quantitative estimate of drug-likeness (QED) is 0.919. The van der Waals surface area contributed by atoms with Gasteiger partial charge in [-0.3, -0.25) is 4.98 Å². The van der Waals surface area contributed by atoms with Crippen molar-refractivity contribution < 1.29 is 0 Å².